The molecule has 182 valence electrons. The van der Waals surface area contributed by atoms with Crippen molar-refractivity contribution in [2.24, 2.45) is 0 Å². The summed E-state index contributed by atoms with van der Waals surface area (Å²) in [5.74, 6) is 1.18. The third-order valence-corrected chi connectivity index (χ3v) is 6.46. The molecule has 2 heterocycles. The Morgan fingerprint density at radius 3 is 2.41 bits per heavy atom. The molecule has 1 atom stereocenters. The zero-order chi connectivity index (χ0) is 23.9. The third kappa shape index (κ3) is 5.51. The summed E-state index contributed by atoms with van der Waals surface area (Å²) < 4.78 is 17.0. The van der Waals surface area contributed by atoms with E-state index in [9.17, 15) is 9.59 Å². The van der Waals surface area contributed by atoms with E-state index >= 15 is 0 Å². The normalized spacial score (nSPS) is 19.1. The van der Waals surface area contributed by atoms with Gasteiger partial charge in [-0.3, -0.25) is 14.5 Å². The average Bonchev–Trinajstić information content (AvgIpc) is 2.88. The molecule has 8 heteroatoms. The largest absolute Gasteiger partial charge is 0.496 e. The molecule has 8 nitrogen and oxygen atoms in total. The average molecular weight is 468 g/mol. The molecular weight excluding hydrogens is 434 g/mol. The second-order valence-corrected chi connectivity index (χ2v) is 8.52. The highest BCUT2D eigenvalue weighted by Gasteiger charge is 2.34. The van der Waals surface area contributed by atoms with Gasteiger partial charge in [0.25, 0.3) is 5.91 Å². The van der Waals surface area contributed by atoms with Gasteiger partial charge in [0, 0.05) is 51.8 Å². The van der Waals surface area contributed by atoms with Crippen LogP contribution in [0, 0.1) is 0 Å². The van der Waals surface area contributed by atoms with Gasteiger partial charge in [0.2, 0.25) is 5.91 Å². The predicted octanol–water partition coefficient (Wildman–Crippen LogP) is 2.45. The lowest BCUT2D eigenvalue weighted by atomic mass is 10.00. The Hall–Kier alpha value is -3.10. The van der Waals surface area contributed by atoms with Gasteiger partial charge in [-0.25, -0.2) is 0 Å². The summed E-state index contributed by atoms with van der Waals surface area (Å²) in [6.07, 6.45) is 0. The minimum absolute atomic E-state index is 0.0187. The summed E-state index contributed by atoms with van der Waals surface area (Å²) in [6, 6.07) is 14.8. The number of morpholine rings is 1. The van der Waals surface area contributed by atoms with E-state index in [1.807, 2.05) is 53.4 Å². The van der Waals surface area contributed by atoms with Gasteiger partial charge in [-0.05, 0) is 18.2 Å². The van der Waals surface area contributed by atoms with Crippen molar-refractivity contribution in [3.05, 3.63) is 59.7 Å². The van der Waals surface area contributed by atoms with Gasteiger partial charge in [-0.15, -0.1) is 0 Å². The Balaban J connectivity index is 1.49. The SMILES string of the molecule is COc1ccccc1C1CN(C(=O)c2ccccc2OCCN2CCOCC2)CCN1C(C)=O. The fourth-order valence-electron chi connectivity index (χ4n) is 4.60. The molecule has 34 heavy (non-hydrogen) atoms. The van der Waals surface area contributed by atoms with Crippen molar-refractivity contribution < 1.29 is 23.8 Å². The number of methoxy groups -OCH3 is 1. The molecule has 1 unspecified atom stereocenters. The third-order valence-electron chi connectivity index (χ3n) is 6.46. The fraction of sp³-hybridized carbons (Fsp3) is 0.462. The summed E-state index contributed by atoms with van der Waals surface area (Å²) in [6.45, 7) is 7.46. The Kier molecular flexibility index (Phi) is 8.03. The van der Waals surface area contributed by atoms with E-state index in [4.69, 9.17) is 14.2 Å². The van der Waals surface area contributed by atoms with E-state index in [0.717, 1.165) is 38.4 Å². The topological polar surface area (TPSA) is 71.5 Å². The van der Waals surface area contributed by atoms with Crippen LogP contribution in [0.3, 0.4) is 0 Å². The summed E-state index contributed by atoms with van der Waals surface area (Å²) in [5, 5.41) is 0. The Bertz CT molecular complexity index is 992. The van der Waals surface area contributed by atoms with Crippen LogP contribution < -0.4 is 9.47 Å². The number of benzene rings is 2. The number of amides is 2. The Labute approximate surface area is 201 Å². The van der Waals surface area contributed by atoms with Gasteiger partial charge in [-0.2, -0.15) is 0 Å². The molecule has 0 spiro atoms. The molecule has 2 saturated heterocycles. The summed E-state index contributed by atoms with van der Waals surface area (Å²) in [4.78, 5) is 31.9. The van der Waals surface area contributed by atoms with E-state index < -0.39 is 0 Å². The van der Waals surface area contributed by atoms with Crippen LogP contribution in [-0.2, 0) is 9.53 Å². The van der Waals surface area contributed by atoms with Gasteiger partial charge in [0.05, 0.1) is 31.9 Å². The highest BCUT2D eigenvalue weighted by molar-refractivity contribution is 5.97. The standard InChI is InChI=1S/C26H33N3O5/c1-20(30)29-12-11-28(19-23(29)21-7-3-5-9-24(21)32-2)26(31)22-8-4-6-10-25(22)34-18-15-27-13-16-33-17-14-27/h3-10,23H,11-19H2,1-2H3. The zero-order valence-corrected chi connectivity index (χ0v) is 19.9. The van der Waals surface area contributed by atoms with E-state index in [2.05, 4.69) is 4.90 Å². The lowest BCUT2D eigenvalue weighted by Crippen LogP contribution is -2.52. The molecule has 0 saturated carbocycles. The van der Waals surface area contributed by atoms with Crippen molar-refractivity contribution in [3.8, 4) is 11.5 Å². The molecule has 2 fully saturated rings. The number of carbonyl (C=O) groups is 2. The lowest BCUT2D eigenvalue weighted by Gasteiger charge is -2.41. The first-order chi connectivity index (χ1) is 16.6. The first-order valence-corrected chi connectivity index (χ1v) is 11.8. The van der Waals surface area contributed by atoms with Crippen molar-refractivity contribution in [1.82, 2.24) is 14.7 Å². The summed E-state index contributed by atoms with van der Waals surface area (Å²) >= 11 is 0. The van der Waals surface area contributed by atoms with Crippen LogP contribution >= 0.6 is 0 Å². The van der Waals surface area contributed by atoms with E-state index in [1.54, 1.807) is 18.9 Å². The first-order valence-electron chi connectivity index (χ1n) is 11.8. The second kappa shape index (κ2) is 11.4. The Morgan fingerprint density at radius 2 is 1.68 bits per heavy atom. The maximum Gasteiger partial charge on any atom is 0.257 e. The van der Waals surface area contributed by atoms with Crippen LogP contribution in [0.5, 0.6) is 11.5 Å². The predicted molar refractivity (Wildman–Crippen MR) is 128 cm³/mol. The highest BCUT2D eigenvalue weighted by atomic mass is 16.5. The molecule has 2 amide bonds. The monoisotopic (exact) mass is 467 g/mol. The van der Waals surface area contributed by atoms with Crippen molar-refractivity contribution in [2.75, 3.05) is 66.2 Å². The quantitative estimate of drug-likeness (QED) is 0.623. The number of hydrogen-bond acceptors (Lipinski definition) is 6. The maximum atomic E-state index is 13.6. The van der Waals surface area contributed by atoms with E-state index in [-0.39, 0.29) is 17.9 Å². The fourth-order valence-corrected chi connectivity index (χ4v) is 4.60. The van der Waals surface area contributed by atoms with Gasteiger partial charge < -0.3 is 24.0 Å². The van der Waals surface area contributed by atoms with Crippen LogP contribution in [0.15, 0.2) is 48.5 Å². The van der Waals surface area contributed by atoms with Gasteiger partial charge in [-0.1, -0.05) is 30.3 Å². The molecule has 2 aliphatic heterocycles. The van der Waals surface area contributed by atoms with E-state index in [1.165, 1.54) is 0 Å². The van der Waals surface area contributed by atoms with Crippen molar-refractivity contribution in [1.29, 1.82) is 0 Å². The van der Waals surface area contributed by atoms with Gasteiger partial charge >= 0.3 is 0 Å². The molecule has 2 aromatic carbocycles. The van der Waals surface area contributed by atoms with Crippen molar-refractivity contribution >= 4 is 11.8 Å². The molecule has 2 aliphatic rings. The number of para-hydroxylation sites is 2. The summed E-state index contributed by atoms with van der Waals surface area (Å²) in [5.41, 5.74) is 1.44. The van der Waals surface area contributed by atoms with Gasteiger partial charge in [0.15, 0.2) is 0 Å². The highest BCUT2D eigenvalue weighted by Crippen LogP contribution is 2.33. The van der Waals surface area contributed by atoms with Crippen molar-refractivity contribution in [3.63, 3.8) is 0 Å². The number of hydrogen-bond donors (Lipinski definition) is 0. The minimum atomic E-state index is -0.277. The summed E-state index contributed by atoms with van der Waals surface area (Å²) in [7, 11) is 1.62. The maximum absolute atomic E-state index is 13.6. The molecule has 0 N–H and O–H groups in total. The molecule has 0 bridgehead atoms. The van der Waals surface area contributed by atoms with Crippen LogP contribution in [0.1, 0.15) is 28.9 Å². The Morgan fingerprint density at radius 1 is 0.971 bits per heavy atom. The minimum Gasteiger partial charge on any atom is -0.496 e. The van der Waals surface area contributed by atoms with Crippen LogP contribution in [0.2, 0.25) is 0 Å². The first kappa shape index (κ1) is 24.0. The number of ether oxygens (including phenoxy) is 3. The molecular formula is C26H33N3O5. The zero-order valence-electron chi connectivity index (χ0n) is 19.9. The number of carbonyl (C=O) groups excluding carboxylic acids is 2. The molecule has 0 radical (unpaired) electrons. The molecule has 0 aliphatic carbocycles. The number of piperazine rings is 1. The van der Waals surface area contributed by atoms with Crippen LogP contribution in [0.4, 0.5) is 0 Å². The van der Waals surface area contributed by atoms with E-state index in [0.29, 0.717) is 43.3 Å². The molecule has 4 rings (SSSR count). The van der Waals surface area contributed by atoms with Crippen LogP contribution in [-0.4, -0.2) is 92.7 Å². The smallest absolute Gasteiger partial charge is 0.257 e. The molecule has 2 aromatic rings. The number of nitrogens with zero attached hydrogens (tertiary/aromatic N) is 3. The van der Waals surface area contributed by atoms with Crippen molar-refractivity contribution in [2.45, 2.75) is 13.0 Å². The van der Waals surface area contributed by atoms with Crippen LogP contribution in [0.25, 0.3) is 0 Å². The second-order valence-electron chi connectivity index (χ2n) is 8.52. The lowest BCUT2D eigenvalue weighted by molar-refractivity contribution is -0.133. The van der Waals surface area contributed by atoms with Gasteiger partial charge in [0.1, 0.15) is 18.1 Å². The number of rotatable bonds is 7. The molecule has 0 aromatic heterocycles.